The van der Waals surface area contributed by atoms with Crippen LogP contribution in [0.1, 0.15) is 36.1 Å². The Bertz CT molecular complexity index is 2190. The van der Waals surface area contributed by atoms with Crippen LogP contribution in [0.3, 0.4) is 0 Å². The number of benzene rings is 7. The van der Waals surface area contributed by atoms with Crippen LogP contribution in [0.2, 0.25) is 0 Å². The molecule has 0 amide bonds. The first-order chi connectivity index (χ1) is 21.0. The predicted molar refractivity (Wildman–Crippen MR) is 185 cm³/mol. The predicted octanol–water partition coefficient (Wildman–Crippen LogP) is 11.8. The van der Waals surface area contributed by atoms with E-state index in [0.29, 0.717) is 0 Å². The van der Waals surface area contributed by atoms with E-state index in [9.17, 15) is 0 Å². The van der Waals surface area contributed by atoms with Crippen LogP contribution in [0.4, 0.5) is 0 Å². The molecule has 0 spiro atoms. The monoisotopic (exact) mass is 548 g/mol. The maximum absolute atomic E-state index is 2.42. The quantitative estimate of drug-likeness (QED) is 0.192. The molecule has 0 heteroatoms. The molecule has 0 unspecified atom stereocenters. The third-order valence-electron chi connectivity index (χ3n) is 9.22. The van der Waals surface area contributed by atoms with E-state index in [0.717, 1.165) is 0 Å². The first kappa shape index (κ1) is 25.5. The van der Waals surface area contributed by atoms with Crippen LogP contribution in [0, 0.1) is 0 Å². The minimum Gasteiger partial charge on any atom is -0.0622 e. The highest BCUT2D eigenvalue weighted by molar-refractivity contribution is 5.92. The van der Waals surface area contributed by atoms with Gasteiger partial charge in [-0.3, -0.25) is 0 Å². The number of hydrogen-bond acceptors (Lipinski definition) is 0. The third kappa shape index (κ3) is 4.47. The Kier molecular flexibility index (Phi) is 5.91. The summed E-state index contributed by atoms with van der Waals surface area (Å²) < 4.78 is 0. The van der Waals surface area contributed by atoms with Gasteiger partial charge in [-0.05, 0) is 108 Å². The standard InChI is InChI=1S/C43H32/c1-43(2)41-27-37(35-17-16-31-10-6-7-11-32(31)25-35)20-22-39(41)40-23-21-38(28-42(40)43)36-19-18-33-24-30(14-15-34(33)26-36)13-12-29-8-4-3-5-9-29/h3-28H,1-2H3/b13-12+. The van der Waals surface area contributed by atoms with Crippen molar-refractivity contribution in [1.29, 1.82) is 0 Å². The van der Waals surface area contributed by atoms with Crippen LogP contribution in [0.15, 0.2) is 146 Å². The first-order valence-corrected chi connectivity index (χ1v) is 15.1. The molecule has 0 saturated heterocycles. The summed E-state index contributed by atoms with van der Waals surface area (Å²) in [6, 6.07) is 53.5. The average molecular weight is 549 g/mol. The summed E-state index contributed by atoms with van der Waals surface area (Å²) in [6.45, 7) is 4.74. The molecule has 0 nitrogen and oxygen atoms in total. The minimum absolute atomic E-state index is 0.0790. The Morgan fingerprint density at radius 2 is 0.837 bits per heavy atom. The average Bonchev–Trinajstić information content (AvgIpc) is 3.29. The van der Waals surface area contributed by atoms with E-state index in [1.54, 1.807) is 0 Å². The molecular formula is C43H32. The lowest BCUT2D eigenvalue weighted by atomic mass is 9.80. The van der Waals surface area contributed by atoms with Crippen molar-refractivity contribution in [3.63, 3.8) is 0 Å². The fraction of sp³-hybridized carbons (Fsp3) is 0.0698. The minimum atomic E-state index is -0.0790. The van der Waals surface area contributed by atoms with Crippen molar-refractivity contribution >= 4 is 33.7 Å². The third-order valence-corrected chi connectivity index (χ3v) is 9.22. The molecular weight excluding hydrogens is 516 g/mol. The largest absolute Gasteiger partial charge is 0.0622 e. The van der Waals surface area contributed by atoms with Crippen LogP contribution in [-0.4, -0.2) is 0 Å². The van der Waals surface area contributed by atoms with Crippen LogP contribution in [0.5, 0.6) is 0 Å². The van der Waals surface area contributed by atoms with Crippen molar-refractivity contribution in [2.24, 2.45) is 0 Å². The molecule has 1 aliphatic carbocycles. The Morgan fingerprint density at radius 3 is 1.51 bits per heavy atom. The number of fused-ring (bicyclic) bond motifs is 5. The van der Waals surface area contributed by atoms with Gasteiger partial charge in [-0.1, -0.05) is 141 Å². The van der Waals surface area contributed by atoms with Crippen LogP contribution < -0.4 is 0 Å². The van der Waals surface area contributed by atoms with E-state index in [-0.39, 0.29) is 5.41 Å². The van der Waals surface area contributed by atoms with Crippen molar-refractivity contribution < 1.29 is 0 Å². The van der Waals surface area contributed by atoms with Gasteiger partial charge in [-0.15, -0.1) is 0 Å². The second-order valence-corrected chi connectivity index (χ2v) is 12.3. The van der Waals surface area contributed by atoms with Crippen LogP contribution >= 0.6 is 0 Å². The van der Waals surface area contributed by atoms with Gasteiger partial charge >= 0.3 is 0 Å². The van der Waals surface area contributed by atoms with E-state index in [2.05, 4.69) is 172 Å². The summed E-state index contributed by atoms with van der Waals surface area (Å²) in [6.07, 6.45) is 4.36. The molecule has 7 aromatic rings. The van der Waals surface area contributed by atoms with E-state index in [1.807, 2.05) is 0 Å². The fourth-order valence-corrected chi connectivity index (χ4v) is 6.77. The second kappa shape index (κ2) is 9.96. The Hall–Kier alpha value is -5.20. The van der Waals surface area contributed by atoms with Gasteiger partial charge in [0, 0.05) is 5.41 Å². The maximum atomic E-state index is 2.42. The zero-order valence-electron chi connectivity index (χ0n) is 24.5. The normalized spacial score (nSPS) is 13.4. The summed E-state index contributed by atoms with van der Waals surface area (Å²) in [5.41, 5.74) is 12.9. The van der Waals surface area contributed by atoms with Gasteiger partial charge in [0.1, 0.15) is 0 Å². The second-order valence-electron chi connectivity index (χ2n) is 12.3. The Morgan fingerprint density at radius 1 is 0.372 bits per heavy atom. The van der Waals surface area contributed by atoms with Crippen molar-refractivity contribution in [2.75, 3.05) is 0 Å². The highest BCUT2D eigenvalue weighted by Crippen LogP contribution is 2.50. The molecule has 0 bridgehead atoms. The summed E-state index contributed by atoms with van der Waals surface area (Å²) in [5, 5.41) is 5.08. The van der Waals surface area contributed by atoms with Crippen molar-refractivity contribution in [2.45, 2.75) is 19.3 Å². The van der Waals surface area contributed by atoms with Gasteiger partial charge in [0.2, 0.25) is 0 Å². The summed E-state index contributed by atoms with van der Waals surface area (Å²) in [5.74, 6) is 0. The molecule has 43 heavy (non-hydrogen) atoms. The van der Waals surface area contributed by atoms with Crippen LogP contribution in [-0.2, 0) is 5.41 Å². The number of hydrogen-bond donors (Lipinski definition) is 0. The van der Waals surface area contributed by atoms with Crippen molar-refractivity contribution in [3.8, 4) is 33.4 Å². The van der Waals surface area contributed by atoms with Gasteiger partial charge in [0.15, 0.2) is 0 Å². The van der Waals surface area contributed by atoms with Gasteiger partial charge in [0.05, 0.1) is 0 Å². The molecule has 1 aliphatic rings. The molecule has 0 atom stereocenters. The van der Waals surface area contributed by atoms with E-state index >= 15 is 0 Å². The zero-order chi connectivity index (χ0) is 29.0. The Balaban J connectivity index is 1.11. The zero-order valence-corrected chi connectivity index (χ0v) is 24.5. The van der Waals surface area contributed by atoms with Gasteiger partial charge < -0.3 is 0 Å². The summed E-state index contributed by atoms with van der Waals surface area (Å²) >= 11 is 0. The molecule has 0 fully saturated rings. The van der Waals surface area contributed by atoms with Crippen molar-refractivity contribution in [3.05, 3.63) is 168 Å². The highest BCUT2D eigenvalue weighted by atomic mass is 14.4. The van der Waals surface area contributed by atoms with Gasteiger partial charge in [-0.25, -0.2) is 0 Å². The summed E-state index contributed by atoms with van der Waals surface area (Å²) in [4.78, 5) is 0. The molecule has 7 aromatic carbocycles. The maximum Gasteiger partial charge on any atom is 0.0159 e. The van der Waals surface area contributed by atoms with E-state index in [1.165, 1.54) is 77.2 Å². The summed E-state index contributed by atoms with van der Waals surface area (Å²) in [7, 11) is 0. The lowest BCUT2D eigenvalue weighted by molar-refractivity contribution is 0.661. The van der Waals surface area contributed by atoms with Crippen LogP contribution in [0.25, 0.3) is 67.1 Å². The van der Waals surface area contributed by atoms with Gasteiger partial charge in [-0.2, -0.15) is 0 Å². The topological polar surface area (TPSA) is 0 Å². The molecule has 8 rings (SSSR count). The molecule has 204 valence electrons. The molecule has 0 N–H and O–H groups in total. The van der Waals surface area contributed by atoms with E-state index < -0.39 is 0 Å². The van der Waals surface area contributed by atoms with Crippen molar-refractivity contribution in [1.82, 2.24) is 0 Å². The first-order valence-electron chi connectivity index (χ1n) is 15.1. The molecule has 0 saturated carbocycles. The lowest BCUT2D eigenvalue weighted by Crippen LogP contribution is -2.15. The molecule has 0 heterocycles. The smallest absolute Gasteiger partial charge is 0.0159 e. The lowest BCUT2D eigenvalue weighted by Gasteiger charge is -2.22. The molecule has 0 aliphatic heterocycles. The van der Waals surface area contributed by atoms with Gasteiger partial charge in [0.25, 0.3) is 0 Å². The fourth-order valence-electron chi connectivity index (χ4n) is 6.77. The van der Waals surface area contributed by atoms with E-state index in [4.69, 9.17) is 0 Å². The SMILES string of the molecule is CC1(C)c2cc(-c3ccc4ccccc4c3)ccc2-c2ccc(-c3ccc4cc(/C=C/c5ccccc5)ccc4c3)cc21. The molecule has 0 radical (unpaired) electrons. The highest BCUT2D eigenvalue weighted by Gasteiger charge is 2.35. The Labute approximate surface area is 253 Å². The number of rotatable bonds is 4. The molecule has 0 aromatic heterocycles.